The van der Waals surface area contributed by atoms with Gasteiger partial charge < -0.3 is 14.5 Å². The molecular weight excluding hydrogens is 278 g/mol. The summed E-state index contributed by atoms with van der Waals surface area (Å²) in [6, 6.07) is 4.52. The van der Waals surface area contributed by atoms with Crippen molar-refractivity contribution < 1.29 is 18.7 Å². The summed E-state index contributed by atoms with van der Waals surface area (Å²) >= 11 is 6.75. The number of carbonyl (C=O) groups excluding carboxylic acids is 2. The second-order valence-corrected chi connectivity index (χ2v) is 4.50. The predicted molar refractivity (Wildman–Crippen MR) is 67.3 cm³/mol. The molecule has 1 amide bonds. The Hall–Kier alpha value is -1.79. The summed E-state index contributed by atoms with van der Waals surface area (Å²) in [7, 11) is 1.28. The highest BCUT2D eigenvalue weighted by molar-refractivity contribution is 7.12. The fourth-order valence-electron chi connectivity index (χ4n) is 1.28. The molecule has 7 heteroatoms. The Bertz CT molecular complexity index is 589. The number of halogens is 1. The molecule has 2 heterocycles. The Morgan fingerprint density at radius 2 is 2.17 bits per heavy atom. The van der Waals surface area contributed by atoms with E-state index >= 15 is 0 Å². The van der Waals surface area contributed by atoms with Gasteiger partial charge in [0, 0.05) is 0 Å². The van der Waals surface area contributed by atoms with E-state index in [-0.39, 0.29) is 11.0 Å². The molecule has 1 N–H and O–H groups in total. The molecule has 0 aliphatic rings. The Balaban J connectivity index is 2.17. The van der Waals surface area contributed by atoms with E-state index < -0.39 is 11.9 Å². The summed E-state index contributed by atoms with van der Waals surface area (Å²) < 4.78 is 9.56. The number of thiophene rings is 1. The van der Waals surface area contributed by atoms with Gasteiger partial charge in [-0.3, -0.25) is 4.79 Å². The monoisotopic (exact) mass is 285 g/mol. The molecule has 2 aromatic rings. The van der Waals surface area contributed by atoms with E-state index in [0.29, 0.717) is 10.6 Å². The van der Waals surface area contributed by atoms with Crippen LogP contribution in [0.3, 0.4) is 0 Å². The van der Waals surface area contributed by atoms with Gasteiger partial charge in [-0.05, 0) is 35.2 Å². The van der Waals surface area contributed by atoms with E-state index in [1.54, 1.807) is 11.4 Å². The first-order valence-corrected chi connectivity index (χ1v) is 6.10. The van der Waals surface area contributed by atoms with Gasteiger partial charge >= 0.3 is 5.97 Å². The van der Waals surface area contributed by atoms with Crippen molar-refractivity contribution in [2.24, 2.45) is 0 Å². The molecule has 2 aromatic heterocycles. The molecular formula is C11H8ClNO4S. The third kappa shape index (κ3) is 2.55. The van der Waals surface area contributed by atoms with Crippen LogP contribution >= 0.6 is 22.9 Å². The summed E-state index contributed by atoms with van der Waals surface area (Å²) in [5, 5.41) is 4.35. The number of rotatable bonds is 3. The van der Waals surface area contributed by atoms with Gasteiger partial charge in [-0.1, -0.05) is 0 Å². The molecule has 2 rings (SSSR count). The van der Waals surface area contributed by atoms with Crippen LogP contribution in [0, 0.1) is 0 Å². The van der Waals surface area contributed by atoms with E-state index in [2.05, 4.69) is 10.1 Å². The minimum atomic E-state index is -0.502. The lowest BCUT2D eigenvalue weighted by Gasteiger charge is -2.03. The number of furan rings is 1. The van der Waals surface area contributed by atoms with Gasteiger partial charge in [0.2, 0.25) is 0 Å². The number of amides is 1. The van der Waals surface area contributed by atoms with Crippen molar-refractivity contribution in [1.29, 1.82) is 0 Å². The second-order valence-electron chi connectivity index (χ2n) is 3.21. The molecule has 0 saturated carbocycles. The van der Waals surface area contributed by atoms with Crippen molar-refractivity contribution in [3.05, 3.63) is 39.4 Å². The molecule has 0 unspecified atom stereocenters. The first-order valence-electron chi connectivity index (χ1n) is 4.84. The Labute approximate surface area is 111 Å². The van der Waals surface area contributed by atoms with Crippen LogP contribution < -0.4 is 5.32 Å². The molecule has 0 bridgehead atoms. The Morgan fingerprint density at radius 1 is 1.39 bits per heavy atom. The molecule has 0 saturated heterocycles. The van der Waals surface area contributed by atoms with Crippen LogP contribution in [0.15, 0.2) is 28.0 Å². The fraction of sp³-hybridized carbons (Fsp3) is 0.0909. The zero-order valence-electron chi connectivity index (χ0n) is 9.23. The van der Waals surface area contributed by atoms with Crippen LogP contribution in [0.5, 0.6) is 0 Å². The molecule has 18 heavy (non-hydrogen) atoms. The highest BCUT2D eigenvalue weighted by Gasteiger charge is 2.17. The Kier molecular flexibility index (Phi) is 3.69. The lowest BCUT2D eigenvalue weighted by Crippen LogP contribution is -2.13. The number of carbonyl (C=O) groups is 2. The first kappa shape index (κ1) is 12.7. The standard InChI is InChI=1S/C11H8ClNO4S/c1-16-11(15)9-6(4-5-18-9)13-10(14)7-2-3-8(12)17-7/h2-5H,1H3,(H,13,14). The number of ether oxygens (including phenoxy) is 1. The van der Waals surface area contributed by atoms with Crippen LogP contribution in [0.25, 0.3) is 0 Å². The fourth-order valence-corrected chi connectivity index (χ4v) is 2.19. The average Bonchev–Trinajstić information content (AvgIpc) is 2.97. The quantitative estimate of drug-likeness (QED) is 0.880. The van der Waals surface area contributed by atoms with Gasteiger partial charge in [0.15, 0.2) is 11.0 Å². The van der Waals surface area contributed by atoms with Crippen LogP contribution in [-0.2, 0) is 4.74 Å². The van der Waals surface area contributed by atoms with Crippen molar-refractivity contribution in [1.82, 2.24) is 0 Å². The molecule has 0 atom stereocenters. The van der Waals surface area contributed by atoms with Crippen LogP contribution in [0.1, 0.15) is 20.2 Å². The van der Waals surface area contributed by atoms with Crippen molar-refractivity contribution in [3.8, 4) is 0 Å². The largest absolute Gasteiger partial charge is 0.465 e. The van der Waals surface area contributed by atoms with E-state index in [0.717, 1.165) is 0 Å². The molecule has 0 aliphatic carbocycles. The molecule has 0 aromatic carbocycles. The summed E-state index contributed by atoms with van der Waals surface area (Å²) in [5.41, 5.74) is 0.379. The second kappa shape index (κ2) is 5.24. The summed E-state index contributed by atoms with van der Waals surface area (Å²) in [5.74, 6) is -0.912. The van der Waals surface area contributed by atoms with Crippen LogP contribution in [0.4, 0.5) is 5.69 Å². The van der Waals surface area contributed by atoms with Gasteiger partial charge in [-0.25, -0.2) is 4.79 Å². The van der Waals surface area contributed by atoms with E-state index in [1.165, 1.54) is 30.6 Å². The summed E-state index contributed by atoms with van der Waals surface area (Å²) in [6.45, 7) is 0. The van der Waals surface area contributed by atoms with Crippen molar-refractivity contribution in [2.45, 2.75) is 0 Å². The summed E-state index contributed by atoms with van der Waals surface area (Å²) in [6.07, 6.45) is 0. The lowest BCUT2D eigenvalue weighted by molar-refractivity contribution is 0.0607. The molecule has 0 spiro atoms. The van der Waals surface area contributed by atoms with E-state index in [1.807, 2.05) is 0 Å². The SMILES string of the molecule is COC(=O)c1sccc1NC(=O)c1ccc(Cl)o1. The Morgan fingerprint density at radius 3 is 2.78 bits per heavy atom. The maximum absolute atomic E-state index is 11.8. The molecule has 0 radical (unpaired) electrons. The normalized spacial score (nSPS) is 10.1. The zero-order valence-corrected chi connectivity index (χ0v) is 10.8. The number of hydrogen-bond donors (Lipinski definition) is 1. The van der Waals surface area contributed by atoms with Crippen molar-refractivity contribution >= 4 is 40.5 Å². The van der Waals surface area contributed by atoms with Gasteiger partial charge in [0.25, 0.3) is 5.91 Å². The minimum Gasteiger partial charge on any atom is -0.465 e. The highest BCUT2D eigenvalue weighted by Crippen LogP contribution is 2.24. The molecule has 0 fully saturated rings. The highest BCUT2D eigenvalue weighted by atomic mass is 35.5. The number of nitrogens with one attached hydrogen (secondary N) is 1. The number of anilines is 1. The van der Waals surface area contributed by atoms with E-state index in [4.69, 9.17) is 16.0 Å². The number of esters is 1. The topological polar surface area (TPSA) is 68.5 Å². The summed E-state index contributed by atoms with van der Waals surface area (Å²) in [4.78, 5) is 23.5. The van der Waals surface area contributed by atoms with Gasteiger partial charge in [0.1, 0.15) is 4.88 Å². The smallest absolute Gasteiger partial charge is 0.350 e. The lowest BCUT2D eigenvalue weighted by atomic mass is 10.3. The first-order chi connectivity index (χ1) is 8.61. The molecule has 0 aliphatic heterocycles. The van der Waals surface area contributed by atoms with Crippen LogP contribution in [0.2, 0.25) is 5.22 Å². The maximum atomic E-state index is 11.8. The van der Waals surface area contributed by atoms with Gasteiger partial charge in [0.05, 0.1) is 12.8 Å². The van der Waals surface area contributed by atoms with Crippen molar-refractivity contribution in [3.63, 3.8) is 0 Å². The number of methoxy groups -OCH3 is 1. The van der Waals surface area contributed by atoms with Gasteiger partial charge in [-0.2, -0.15) is 0 Å². The molecule has 94 valence electrons. The van der Waals surface area contributed by atoms with Crippen LogP contribution in [-0.4, -0.2) is 19.0 Å². The van der Waals surface area contributed by atoms with Crippen molar-refractivity contribution in [2.75, 3.05) is 12.4 Å². The minimum absolute atomic E-state index is 0.0713. The van der Waals surface area contributed by atoms with Gasteiger partial charge in [-0.15, -0.1) is 11.3 Å². The third-order valence-electron chi connectivity index (χ3n) is 2.08. The third-order valence-corrected chi connectivity index (χ3v) is 3.18. The maximum Gasteiger partial charge on any atom is 0.350 e. The van der Waals surface area contributed by atoms with E-state index in [9.17, 15) is 9.59 Å². The zero-order chi connectivity index (χ0) is 13.1. The average molecular weight is 286 g/mol. The molecule has 5 nitrogen and oxygen atoms in total. The number of hydrogen-bond acceptors (Lipinski definition) is 5. The predicted octanol–water partition coefficient (Wildman–Crippen LogP) is 3.03.